The van der Waals surface area contributed by atoms with Crippen LogP contribution in [0.5, 0.6) is 5.75 Å². The first-order chi connectivity index (χ1) is 13.8. The van der Waals surface area contributed by atoms with Gasteiger partial charge in [-0.1, -0.05) is 44.7 Å². The fourth-order valence-electron chi connectivity index (χ4n) is 2.69. The molecular weight excluding hydrogens is 384 g/mol. The summed E-state index contributed by atoms with van der Waals surface area (Å²) in [5, 5.41) is 10.3. The molecule has 7 heteroatoms. The highest BCUT2D eigenvalue weighted by Gasteiger charge is 2.18. The molecule has 0 saturated heterocycles. The van der Waals surface area contributed by atoms with Gasteiger partial charge in [-0.2, -0.15) is 0 Å². The molecule has 6 nitrogen and oxygen atoms in total. The maximum Gasteiger partial charge on any atom is 0.237 e. The number of nitrogens with one attached hydrogen (secondary N) is 2. The molecule has 0 aliphatic rings. The number of amides is 1. The molecule has 152 valence electrons. The van der Waals surface area contributed by atoms with Crippen molar-refractivity contribution >= 4 is 23.4 Å². The lowest BCUT2D eigenvalue weighted by molar-refractivity contribution is -0.115. The Labute approximate surface area is 175 Å². The fraction of sp³-hybridized carbons (Fsp3) is 0.318. The molecule has 1 aromatic heterocycles. The number of methoxy groups -OCH3 is 1. The van der Waals surface area contributed by atoms with Crippen LogP contribution in [-0.2, 0) is 10.2 Å². The Hall–Kier alpha value is -2.80. The van der Waals surface area contributed by atoms with Gasteiger partial charge in [0.2, 0.25) is 11.1 Å². The molecule has 1 atom stereocenters. The number of ether oxygens (including phenoxy) is 1. The first kappa shape index (κ1) is 20.9. The van der Waals surface area contributed by atoms with E-state index in [4.69, 9.17) is 4.74 Å². The third-order valence-electron chi connectivity index (χ3n) is 4.50. The van der Waals surface area contributed by atoms with Crippen molar-refractivity contribution in [1.29, 1.82) is 0 Å². The molecule has 1 unspecified atom stereocenters. The van der Waals surface area contributed by atoms with Crippen LogP contribution in [0, 0.1) is 0 Å². The topological polar surface area (TPSA) is 79.9 Å². The van der Waals surface area contributed by atoms with E-state index >= 15 is 0 Å². The number of nitrogens with zero attached hydrogens (tertiary/aromatic N) is 2. The summed E-state index contributed by atoms with van der Waals surface area (Å²) in [6, 6.07) is 15.5. The quantitative estimate of drug-likeness (QED) is 0.565. The minimum absolute atomic E-state index is 0.0822. The van der Waals surface area contributed by atoms with Gasteiger partial charge in [0, 0.05) is 11.3 Å². The van der Waals surface area contributed by atoms with Crippen LogP contribution in [-0.4, -0.2) is 33.4 Å². The van der Waals surface area contributed by atoms with Crippen LogP contribution < -0.4 is 10.1 Å². The van der Waals surface area contributed by atoms with Crippen molar-refractivity contribution in [3.63, 3.8) is 0 Å². The van der Waals surface area contributed by atoms with Crippen molar-refractivity contribution in [1.82, 2.24) is 15.2 Å². The van der Waals surface area contributed by atoms with Gasteiger partial charge in [0.1, 0.15) is 5.75 Å². The number of H-pyrrole nitrogens is 1. The molecule has 0 fully saturated rings. The van der Waals surface area contributed by atoms with Crippen LogP contribution in [0.15, 0.2) is 53.7 Å². The summed E-state index contributed by atoms with van der Waals surface area (Å²) in [7, 11) is 1.63. The SMILES string of the molecule is COc1ccc(-c2nc(SC(C)C(=O)Nc3ccc(C(C)(C)C)cc3)n[nH]2)cc1. The number of aromatic nitrogens is 3. The number of anilines is 1. The minimum atomic E-state index is -0.336. The van der Waals surface area contributed by atoms with Crippen LogP contribution in [0.1, 0.15) is 33.3 Å². The molecule has 0 radical (unpaired) electrons. The summed E-state index contributed by atoms with van der Waals surface area (Å²) in [6.07, 6.45) is 0. The smallest absolute Gasteiger partial charge is 0.237 e. The van der Waals surface area contributed by atoms with Crippen LogP contribution in [0.4, 0.5) is 5.69 Å². The summed E-state index contributed by atoms with van der Waals surface area (Å²) in [5.41, 5.74) is 2.99. The van der Waals surface area contributed by atoms with Crippen LogP contribution in [0.2, 0.25) is 0 Å². The second-order valence-electron chi connectivity index (χ2n) is 7.77. The Morgan fingerprint density at radius 3 is 2.34 bits per heavy atom. The maximum absolute atomic E-state index is 12.5. The van der Waals surface area contributed by atoms with Crippen LogP contribution in [0.3, 0.4) is 0 Å². The molecule has 2 aromatic carbocycles. The Bertz CT molecular complexity index is 960. The second-order valence-corrected chi connectivity index (χ2v) is 9.08. The molecule has 0 saturated carbocycles. The van der Waals surface area contributed by atoms with E-state index in [0.717, 1.165) is 17.0 Å². The molecule has 1 amide bonds. The largest absolute Gasteiger partial charge is 0.497 e. The molecule has 3 rings (SSSR count). The molecule has 3 aromatic rings. The van der Waals surface area contributed by atoms with E-state index in [0.29, 0.717) is 11.0 Å². The summed E-state index contributed by atoms with van der Waals surface area (Å²) in [5.74, 6) is 1.35. The maximum atomic E-state index is 12.5. The lowest BCUT2D eigenvalue weighted by Crippen LogP contribution is -2.22. The Morgan fingerprint density at radius 1 is 1.10 bits per heavy atom. The highest BCUT2D eigenvalue weighted by Crippen LogP contribution is 2.26. The number of hydrogen-bond donors (Lipinski definition) is 2. The number of carbonyl (C=O) groups is 1. The molecular formula is C22H26N4O2S. The van der Waals surface area contributed by atoms with Gasteiger partial charge in [0.05, 0.1) is 12.4 Å². The fourth-order valence-corrected chi connectivity index (χ4v) is 3.41. The number of benzene rings is 2. The molecule has 1 heterocycles. The normalized spacial score (nSPS) is 12.4. The molecule has 2 N–H and O–H groups in total. The zero-order valence-electron chi connectivity index (χ0n) is 17.3. The zero-order valence-corrected chi connectivity index (χ0v) is 18.1. The lowest BCUT2D eigenvalue weighted by Gasteiger charge is -2.19. The Balaban J connectivity index is 1.60. The number of rotatable bonds is 6. The number of hydrogen-bond acceptors (Lipinski definition) is 5. The van der Waals surface area contributed by atoms with Crippen molar-refractivity contribution in [2.24, 2.45) is 0 Å². The van der Waals surface area contributed by atoms with Gasteiger partial charge in [-0.05, 0) is 54.3 Å². The van der Waals surface area contributed by atoms with E-state index < -0.39 is 0 Å². The average Bonchev–Trinajstić information content (AvgIpc) is 3.16. The third-order valence-corrected chi connectivity index (χ3v) is 5.46. The van der Waals surface area contributed by atoms with Crippen molar-refractivity contribution in [3.8, 4) is 17.1 Å². The highest BCUT2D eigenvalue weighted by molar-refractivity contribution is 8.00. The molecule has 0 aliphatic carbocycles. The van der Waals surface area contributed by atoms with E-state index in [-0.39, 0.29) is 16.6 Å². The second kappa shape index (κ2) is 8.69. The van der Waals surface area contributed by atoms with Gasteiger partial charge in [0.15, 0.2) is 5.82 Å². The van der Waals surface area contributed by atoms with E-state index in [1.807, 2.05) is 55.5 Å². The molecule has 29 heavy (non-hydrogen) atoms. The standard InChI is InChI=1S/C22H26N4O2S/c1-14(20(27)23-17-10-8-16(9-11-17)22(2,3)4)29-21-24-19(25-26-21)15-6-12-18(28-5)13-7-15/h6-14H,1-5H3,(H,23,27)(H,24,25,26). The van der Waals surface area contributed by atoms with E-state index in [1.54, 1.807) is 7.11 Å². The van der Waals surface area contributed by atoms with Gasteiger partial charge in [-0.25, -0.2) is 4.98 Å². The van der Waals surface area contributed by atoms with E-state index in [2.05, 4.69) is 41.3 Å². The van der Waals surface area contributed by atoms with E-state index in [1.165, 1.54) is 17.3 Å². The predicted molar refractivity (Wildman–Crippen MR) is 117 cm³/mol. The number of aromatic amines is 1. The Kier molecular flexibility index (Phi) is 6.27. The summed E-state index contributed by atoms with van der Waals surface area (Å²) < 4.78 is 5.17. The third kappa shape index (κ3) is 5.38. The number of carbonyl (C=O) groups excluding carboxylic acids is 1. The van der Waals surface area contributed by atoms with Crippen molar-refractivity contribution in [2.45, 2.75) is 43.5 Å². The van der Waals surface area contributed by atoms with Crippen LogP contribution in [0.25, 0.3) is 11.4 Å². The first-order valence-electron chi connectivity index (χ1n) is 9.41. The van der Waals surface area contributed by atoms with Gasteiger partial charge in [0.25, 0.3) is 0 Å². The number of thioether (sulfide) groups is 1. The predicted octanol–water partition coefficient (Wildman–Crippen LogP) is 4.90. The van der Waals surface area contributed by atoms with Gasteiger partial charge < -0.3 is 10.1 Å². The summed E-state index contributed by atoms with van der Waals surface area (Å²) >= 11 is 1.31. The highest BCUT2D eigenvalue weighted by atomic mass is 32.2. The van der Waals surface area contributed by atoms with E-state index in [9.17, 15) is 4.79 Å². The minimum Gasteiger partial charge on any atom is -0.497 e. The molecule has 0 bridgehead atoms. The zero-order chi connectivity index (χ0) is 21.0. The van der Waals surface area contributed by atoms with Gasteiger partial charge in [-0.3, -0.25) is 9.89 Å². The molecule has 0 spiro atoms. The van der Waals surface area contributed by atoms with Crippen LogP contribution >= 0.6 is 11.8 Å². The lowest BCUT2D eigenvalue weighted by atomic mass is 9.87. The van der Waals surface area contributed by atoms with Crippen molar-refractivity contribution < 1.29 is 9.53 Å². The summed E-state index contributed by atoms with van der Waals surface area (Å²) in [4.78, 5) is 17.0. The first-order valence-corrected chi connectivity index (χ1v) is 10.3. The van der Waals surface area contributed by atoms with Crippen molar-refractivity contribution in [3.05, 3.63) is 54.1 Å². The average molecular weight is 411 g/mol. The van der Waals surface area contributed by atoms with Crippen molar-refractivity contribution in [2.75, 3.05) is 12.4 Å². The molecule has 0 aliphatic heterocycles. The van der Waals surface area contributed by atoms with Gasteiger partial charge in [-0.15, -0.1) is 5.10 Å². The summed E-state index contributed by atoms with van der Waals surface area (Å²) in [6.45, 7) is 8.33. The Morgan fingerprint density at radius 2 is 1.76 bits per heavy atom. The monoisotopic (exact) mass is 410 g/mol. The van der Waals surface area contributed by atoms with Gasteiger partial charge >= 0.3 is 0 Å².